The maximum Gasteiger partial charge on any atom is 0.151 e. The third-order valence-corrected chi connectivity index (χ3v) is 3.86. The third kappa shape index (κ3) is 2.92. The molecule has 0 amide bonds. The van der Waals surface area contributed by atoms with Crippen molar-refractivity contribution in [1.29, 1.82) is 0 Å². The topological polar surface area (TPSA) is 63.8 Å². The van der Waals surface area contributed by atoms with E-state index in [4.69, 9.17) is 17.4 Å². The predicted molar refractivity (Wildman–Crippen MR) is 75.0 cm³/mol. The number of hydrogen-bond donors (Lipinski definition) is 2. The molecular weight excluding hydrogens is 335 g/mol. The van der Waals surface area contributed by atoms with Crippen molar-refractivity contribution in [3.8, 4) is 0 Å². The summed E-state index contributed by atoms with van der Waals surface area (Å²) in [4.78, 5) is 8.29. The van der Waals surface area contributed by atoms with E-state index in [9.17, 15) is 4.39 Å². The summed E-state index contributed by atoms with van der Waals surface area (Å²) in [5.41, 5.74) is 3.70. The van der Waals surface area contributed by atoms with Gasteiger partial charge in [0.2, 0.25) is 0 Å². The van der Waals surface area contributed by atoms with Crippen molar-refractivity contribution in [2.45, 2.75) is 13.0 Å². The lowest BCUT2D eigenvalue weighted by molar-refractivity contribution is 0.543. The van der Waals surface area contributed by atoms with Gasteiger partial charge in [0.15, 0.2) is 5.82 Å². The minimum atomic E-state index is -0.661. The molecule has 1 aromatic carbocycles. The first-order valence-corrected chi connectivity index (χ1v) is 6.59. The molecule has 0 saturated heterocycles. The Morgan fingerprint density at radius 2 is 2.00 bits per heavy atom. The fourth-order valence-electron chi connectivity index (χ4n) is 1.62. The second-order valence-corrected chi connectivity index (χ2v) is 5.22. The van der Waals surface area contributed by atoms with Gasteiger partial charge in [-0.3, -0.25) is 5.84 Å². The Hall–Kier alpha value is -1.08. The molecule has 2 rings (SSSR count). The molecule has 1 aromatic heterocycles. The molecule has 1 atom stereocenters. The van der Waals surface area contributed by atoms with Crippen LogP contribution < -0.4 is 11.3 Å². The Labute approximate surface area is 123 Å². The molecule has 1 heterocycles. The van der Waals surface area contributed by atoms with Crippen LogP contribution in [0.25, 0.3) is 0 Å². The summed E-state index contributed by atoms with van der Waals surface area (Å²) < 4.78 is 14.6. The molecule has 4 nitrogen and oxygen atoms in total. The predicted octanol–water partition coefficient (Wildman–Crippen LogP) is 2.89. The minimum absolute atomic E-state index is 0.00450. The van der Waals surface area contributed by atoms with Crippen LogP contribution in [0.2, 0.25) is 5.02 Å². The van der Waals surface area contributed by atoms with Crippen LogP contribution >= 0.6 is 27.5 Å². The van der Waals surface area contributed by atoms with Crippen molar-refractivity contribution >= 4 is 27.5 Å². The molecule has 3 N–H and O–H groups in total. The van der Waals surface area contributed by atoms with Crippen LogP contribution in [-0.4, -0.2) is 9.97 Å². The van der Waals surface area contributed by atoms with Gasteiger partial charge in [0.05, 0.1) is 5.02 Å². The summed E-state index contributed by atoms with van der Waals surface area (Å²) in [5, 5.41) is 0.00450. The molecule has 0 aliphatic rings. The molecular formula is C12H11BrClFN4. The average molecular weight is 346 g/mol. The number of aromatic nitrogens is 2. The molecule has 0 aliphatic heterocycles. The normalized spacial score (nSPS) is 12.5. The van der Waals surface area contributed by atoms with Crippen molar-refractivity contribution in [1.82, 2.24) is 15.4 Å². The average Bonchev–Trinajstić information content (AvgIpc) is 2.41. The highest BCUT2D eigenvalue weighted by Crippen LogP contribution is 2.31. The van der Waals surface area contributed by atoms with Gasteiger partial charge in [0.1, 0.15) is 11.9 Å². The van der Waals surface area contributed by atoms with E-state index in [2.05, 4.69) is 31.3 Å². The minimum Gasteiger partial charge on any atom is -0.270 e. The SMILES string of the molecule is Cc1cnc(C(NN)c2ccc(Br)c(Cl)c2F)nc1. The van der Waals surface area contributed by atoms with Crippen molar-refractivity contribution in [3.05, 3.63) is 56.8 Å². The van der Waals surface area contributed by atoms with Crippen molar-refractivity contribution in [3.63, 3.8) is 0 Å². The molecule has 19 heavy (non-hydrogen) atoms. The molecule has 0 fully saturated rings. The van der Waals surface area contributed by atoms with E-state index in [1.165, 1.54) is 0 Å². The quantitative estimate of drug-likeness (QED) is 0.510. The molecule has 0 bridgehead atoms. The third-order valence-electron chi connectivity index (χ3n) is 2.60. The van der Waals surface area contributed by atoms with E-state index in [0.29, 0.717) is 15.9 Å². The van der Waals surface area contributed by atoms with Gasteiger partial charge < -0.3 is 0 Å². The van der Waals surface area contributed by atoms with Crippen molar-refractivity contribution in [2.75, 3.05) is 0 Å². The Morgan fingerprint density at radius 3 is 2.58 bits per heavy atom. The second-order valence-electron chi connectivity index (χ2n) is 3.98. The number of aryl methyl sites for hydroxylation is 1. The highest BCUT2D eigenvalue weighted by molar-refractivity contribution is 9.10. The van der Waals surface area contributed by atoms with Gasteiger partial charge in [-0.25, -0.2) is 19.8 Å². The van der Waals surface area contributed by atoms with Crippen molar-refractivity contribution < 1.29 is 4.39 Å². The fourth-order valence-corrected chi connectivity index (χ4v) is 2.10. The van der Waals surface area contributed by atoms with Gasteiger partial charge in [0.25, 0.3) is 0 Å². The summed E-state index contributed by atoms with van der Waals surface area (Å²) in [5.74, 6) is 5.31. The number of hydrazine groups is 1. The number of hydrogen-bond acceptors (Lipinski definition) is 4. The number of nitrogens with zero attached hydrogens (tertiary/aromatic N) is 2. The van der Waals surface area contributed by atoms with E-state index >= 15 is 0 Å². The number of rotatable bonds is 3. The second kappa shape index (κ2) is 5.92. The standard InChI is InChI=1S/C12H11BrClFN4/c1-6-4-17-12(18-5-6)11(19-16)7-2-3-8(13)9(14)10(7)15/h2-5,11,19H,16H2,1H3. The summed E-state index contributed by atoms with van der Waals surface area (Å²) in [7, 11) is 0. The first-order chi connectivity index (χ1) is 9.04. The highest BCUT2D eigenvalue weighted by atomic mass is 79.9. The van der Waals surface area contributed by atoms with Gasteiger partial charge in [-0.15, -0.1) is 0 Å². The largest absolute Gasteiger partial charge is 0.270 e. The number of nitrogens with two attached hydrogens (primary N) is 1. The fraction of sp³-hybridized carbons (Fsp3) is 0.167. The zero-order valence-corrected chi connectivity index (χ0v) is 12.3. The Morgan fingerprint density at radius 1 is 1.37 bits per heavy atom. The Kier molecular flexibility index (Phi) is 4.46. The monoisotopic (exact) mass is 344 g/mol. The Balaban J connectivity index is 2.48. The molecule has 0 spiro atoms. The lowest BCUT2D eigenvalue weighted by Crippen LogP contribution is -2.31. The maximum absolute atomic E-state index is 14.2. The zero-order valence-electron chi connectivity index (χ0n) is 9.99. The molecule has 100 valence electrons. The zero-order chi connectivity index (χ0) is 14.0. The maximum atomic E-state index is 14.2. The molecule has 0 saturated carbocycles. The summed E-state index contributed by atoms with van der Waals surface area (Å²) in [6.07, 6.45) is 3.29. The summed E-state index contributed by atoms with van der Waals surface area (Å²) in [6.45, 7) is 1.87. The summed E-state index contributed by atoms with van der Waals surface area (Å²) >= 11 is 9.03. The van der Waals surface area contributed by atoms with Gasteiger partial charge >= 0.3 is 0 Å². The lowest BCUT2D eigenvalue weighted by atomic mass is 10.1. The summed E-state index contributed by atoms with van der Waals surface area (Å²) in [6, 6.07) is 2.57. The Bertz CT molecular complexity index is 591. The van der Waals surface area contributed by atoms with Crippen LogP contribution in [0.1, 0.15) is 23.0 Å². The van der Waals surface area contributed by atoms with Gasteiger partial charge in [-0.1, -0.05) is 17.7 Å². The van der Waals surface area contributed by atoms with Crippen LogP contribution in [0, 0.1) is 12.7 Å². The van der Waals surface area contributed by atoms with Gasteiger partial charge in [0, 0.05) is 22.4 Å². The molecule has 7 heteroatoms. The van der Waals surface area contributed by atoms with Crippen LogP contribution in [0.5, 0.6) is 0 Å². The number of benzene rings is 1. The van der Waals surface area contributed by atoms with E-state index in [0.717, 1.165) is 5.56 Å². The highest BCUT2D eigenvalue weighted by Gasteiger charge is 2.21. The molecule has 2 aromatic rings. The lowest BCUT2D eigenvalue weighted by Gasteiger charge is -2.16. The first-order valence-electron chi connectivity index (χ1n) is 5.42. The molecule has 0 aliphatic carbocycles. The van der Waals surface area contributed by atoms with Gasteiger partial charge in [-0.2, -0.15) is 0 Å². The van der Waals surface area contributed by atoms with E-state index < -0.39 is 11.9 Å². The number of halogens is 3. The molecule has 0 radical (unpaired) electrons. The van der Waals surface area contributed by atoms with E-state index in [-0.39, 0.29) is 5.02 Å². The van der Waals surface area contributed by atoms with E-state index in [1.54, 1.807) is 24.5 Å². The first kappa shape index (κ1) is 14.3. The number of nitrogens with one attached hydrogen (secondary N) is 1. The van der Waals surface area contributed by atoms with Crippen molar-refractivity contribution in [2.24, 2.45) is 5.84 Å². The van der Waals surface area contributed by atoms with Crippen LogP contribution in [0.3, 0.4) is 0 Å². The smallest absolute Gasteiger partial charge is 0.151 e. The van der Waals surface area contributed by atoms with Crippen LogP contribution in [0.4, 0.5) is 4.39 Å². The molecule has 1 unspecified atom stereocenters. The van der Waals surface area contributed by atoms with Crippen LogP contribution in [-0.2, 0) is 0 Å². The van der Waals surface area contributed by atoms with Crippen LogP contribution in [0.15, 0.2) is 29.0 Å². The van der Waals surface area contributed by atoms with E-state index in [1.807, 2.05) is 6.92 Å². The van der Waals surface area contributed by atoms with Gasteiger partial charge in [-0.05, 0) is 34.5 Å².